The molecule has 0 spiro atoms. The van der Waals surface area contributed by atoms with Gasteiger partial charge in [0, 0.05) is 21.7 Å². The number of methoxy groups -OCH3 is 1. The number of rotatable bonds is 9. The summed E-state index contributed by atoms with van der Waals surface area (Å²) < 4.78 is 30.3. The predicted octanol–water partition coefficient (Wildman–Crippen LogP) is 5.46. The molecule has 14 heteroatoms. The van der Waals surface area contributed by atoms with E-state index in [1.54, 1.807) is 49.0 Å². The minimum absolute atomic E-state index is 0.0131. The van der Waals surface area contributed by atoms with E-state index in [0.717, 1.165) is 33.2 Å². The fourth-order valence-corrected chi connectivity index (χ4v) is 11.4. The van der Waals surface area contributed by atoms with Crippen LogP contribution in [0, 0.1) is 35.4 Å². The summed E-state index contributed by atoms with van der Waals surface area (Å²) in [5.41, 5.74) is 2.10. The number of fused-ring (bicyclic) bond motifs is 9. The molecule has 3 amide bonds. The number of nitrogens with zero attached hydrogens (tertiary/aromatic N) is 1. The number of hydrogen-bond donors (Lipinski definition) is 2. The molecule has 262 valence electrons. The van der Waals surface area contributed by atoms with Gasteiger partial charge in [0.25, 0.3) is 5.91 Å². The lowest BCUT2D eigenvalue weighted by Crippen LogP contribution is -2.42. The zero-order valence-electron chi connectivity index (χ0n) is 27.4. The SMILES string of the molecule is CCOC(=O)c1ccc(NC(=O)COc2ccc([C@H]3c4sc(=O)[nH]c4SC4C5CC(C6C(=O)N(c7ccc(F)cc7)C(=O)C56)C43)cc2OC)cc1. The quantitative estimate of drug-likeness (QED) is 0.170. The smallest absolute Gasteiger partial charge is 0.338 e. The van der Waals surface area contributed by atoms with Gasteiger partial charge in [-0.25, -0.2) is 9.18 Å². The van der Waals surface area contributed by atoms with E-state index >= 15 is 0 Å². The predicted molar refractivity (Wildman–Crippen MR) is 187 cm³/mol. The van der Waals surface area contributed by atoms with Gasteiger partial charge in [-0.3, -0.25) is 24.1 Å². The standard InChI is InChI=1S/C37H32FN3O8S2/c1-3-48-36(45)17-4-9-20(10-5-17)39-26(42)16-49-24-13-6-18(14-25(24)47-2)27-28-22-15-23(31(28)50-33-32(27)51-37(46)40-33)30-29(22)34(43)41(35(30)44)21-11-7-19(38)8-12-21/h4-14,22-23,27-31H,3,15-16H2,1-2H3,(H,39,42)(H,40,46)/t22?,23?,27-,28?,29?,30?,31?/m1/s1. The molecule has 6 unspecified atom stereocenters. The van der Waals surface area contributed by atoms with Crippen LogP contribution in [0.4, 0.5) is 15.8 Å². The van der Waals surface area contributed by atoms with Crippen LogP contribution >= 0.6 is 23.1 Å². The summed E-state index contributed by atoms with van der Waals surface area (Å²) in [6.45, 7) is 1.68. The summed E-state index contributed by atoms with van der Waals surface area (Å²) >= 11 is 2.74. The van der Waals surface area contributed by atoms with E-state index in [4.69, 9.17) is 14.2 Å². The zero-order chi connectivity index (χ0) is 35.6. The maximum Gasteiger partial charge on any atom is 0.338 e. The molecule has 4 aromatic rings. The maximum absolute atomic E-state index is 14.0. The fraction of sp³-hybridized carbons (Fsp3) is 0.324. The molecule has 2 aliphatic carbocycles. The van der Waals surface area contributed by atoms with E-state index in [1.165, 1.54) is 36.3 Å². The van der Waals surface area contributed by atoms with E-state index in [9.17, 15) is 28.4 Å². The van der Waals surface area contributed by atoms with Gasteiger partial charge in [-0.2, -0.15) is 0 Å². The van der Waals surface area contributed by atoms with E-state index < -0.39 is 29.5 Å². The summed E-state index contributed by atoms with van der Waals surface area (Å²) in [6, 6.07) is 17.2. The number of esters is 1. The third-order valence-electron chi connectivity index (χ3n) is 10.4. The second-order valence-corrected chi connectivity index (χ2v) is 15.2. The third kappa shape index (κ3) is 5.60. The van der Waals surface area contributed by atoms with Crippen LogP contribution in [0.2, 0.25) is 0 Å². The number of aromatic nitrogens is 1. The average Bonchev–Trinajstić information content (AvgIpc) is 3.87. The number of H-pyrrole nitrogens is 1. The van der Waals surface area contributed by atoms with Gasteiger partial charge < -0.3 is 24.5 Å². The topological polar surface area (TPSA) is 144 Å². The largest absolute Gasteiger partial charge is 0.493 e. The van der Waals surface area contributed by atoms with Gasteiger partial charge in [-0.1, -0.05) is 17.4 Å². The Hall–Kier alpha value is -4.95. The first-order valence-corrected chi connectivity index (χ1v) is 18.3. The maximum atomic E-state index is 14.0. The van der Waals surface area contributed by atoms with Crippen LogP contribution in [0.5, 0.6) is 11.5 Å². The van der Waals surface area contributed by atoms with Crippen LogP contribution in [-0.4, -0.2) is 54.2 Å². The van der Waals surface area contributed by atoms with Gasteiger partial charge in [0.05, 0.1) is 41.8 Å². The average molecular weight is 730 g/mol. The molecule has 3 heterocycles. The van der Waals surface area contributed by atoms with Gasteiger partial charge >= 0.3 is 10.8 Å². The lowest BCUT2D eigenvalue weighted by atomic mass is 9.68. The number of thioether (sulfide) groups is 1. The first kappa shape index (κ1) is 33.2. The van der Waals surface area contributed by atoms with Crippen molar-refractivity contribution < 1.29 is 37.8 Å². The number of amides is 3. The Labute approximate surface area is 299 Å². The second-order valence-electron chi connectivity index (χ2n) is 13.0. The van der Waals surface area contributed by atoms with E-state index in [2.05, 4.69) is 10.3 Å². The number of aromatic amines is 1. The summed E-state index contributed by atoms with van der Waals surface area (Å²) in [5, 5.41) is 3.51. The highest BCUT2D eigenvalue weighted by Gasteiger charge is 2.69. The Bertz CT molecular complexity index is 2120. The molecule has 51 heavy (non-hydrogen) atoms. The van der Waals surface area contributed by atoms with Crippen molar-refractivity contribution in [1.29, 1.82) is 0 Å². The number of benzene rings is 3. The molecule has 2 saturated carbocycles. The minimum atomic E-state index is -0.501. The Morgan fingerprint density at radius 1 is 0.961 bits per heavy atom. The molecule has 3 fully saturated rings. The Morgan fingerprint density at radius 2 is 1.69 bits per heavy atom. The van der Waals surface area contributed by atoms with Crippen molar-refractivity contribution in [3.8, 4) is 11.5 Å². The fourth-order valence-electron chi connectivity index (χ4n) is 8.48. The number of carbonyl (C=O) groups excluding carboxylic acids is 4. The second kappa shape index (κ2) is 13.0. The normalized spacial score (nSPS) is 25.6. The number of carbonyl (C=O) groups is 4. The summed E-state index contributed by atoms with van der Waals surface area (Å²) in [5.74, 6) is -2.50. The molecule has 4 aliphatic rings. The van der Waals surface area contributed by atoms with Gasteiger partial charge in [0.15, 0.2) is 18.1 Å². The molecule has 7 atom stereocenters. The van der Waals surface area contributed by atoms with Crippen LogP contribution in [0.1, 0.15) is 40.1 Å². The van der Waals surface area contributed by atoms with Crippen LogP contribution in [0.15, 0.2) is 76.6 Å². The van der Waals surface area contributed by atoms with Crippen LogP contribution < -0.4 is 24.6 Å². The molecule has 11 nitrogen and oxygen atoms in total. The highest BCUT2D eigenvalue weighted by atomic mass is 32.2. The number of nitrogens with one attached hydrogen (secondary N) is 2. The highest BCUT2D eigenvalue weighted by Crippen LogP contribution is 2.68. The molecular weight excluding hydrogens is 698 g/mol. The molecule has 1 saturated heterocycles. The molecule has 0 radical (unpaired) electrons. The molecule has 1 aromatic heterocycles. The van der Waals surface area contributed by atoms with Crippen molar-refractivity contribution >= 4 is 58.2 Å². The molecular formula is C37H32FN3O8S2. The first-order chi connectivity index (χ1) is 24.7. The van der Waals surface area contributed by atoms with Crippen molar-refractivity contribution in [2.45, 2.75) is 29.5 Å². The number of ether oxygens (including phenoxy) is 3. The summed E-state index contributed by atoms with van der Waals surface area (Å²) in [7, 11) is 1.51. The monoisotopic (exact) mass is 729 g/mol. The molecule has 8 rings (SSSR count). The van der Waals surface area contributed by atoms with E-state index in [1.807, 2.05) is 12.1 Å². The Kier molecular flexibility index (Phi) is 8.45. The van der Waals surface area contributed by atoms with Crippen LogP contribution in [0.3, 0.4) is 0 Å². The van der Waals surface area contributed by atoms with Crippen molar-refractivity contribution in [2.75, 3.05) is 30.5 Å². The van der Waals surface area contributed by atoms with E-state index in [0.29, 0.717) is 28.4 Å². The Balaban J connectivity index is 1.03. The van der Waals surface area contributed by atoms with Crippen molar-refractivity contribution in [2.24, 2.45) is 29.6 Å². The summed E-state index contributed by atoms with van der Waals surface area (Å²) in [6.07, 6.45) is 0.723. The summed E-state index contributed by atoms with van der Waals surface area (Å²) in [4.78, 5) is 70.1. The van der Waals surface area contributed by atoms with E-state index in [-0.39, 0.29) is 58.8 Å². The van der Waals surface area contributed by atoms with Gasteiger partial charge in [-0.15, -0.1) is 11.8 Å². The molecule has 2 aliphatic heterocycles. The zero-order valence-corrected chi connectivity index (χ0v) is 29.1. The van der Waals surface area contributed by atoms with Crippen molar-refractivity contribution in [3.05, 3.63) is 98.2 Å². The first-order valence-electron chi connectivity index (χ1n) is 16.6. The molecule has 2 bridgehead atoms. The minimum Gasteiger partial charge on any atom is -0.493 e. The number of hydrogen-bond acceptors (Lipinski definition) is 10. The lowest BCUT2D eigenvalue weighted by molar-refractivity contribution is -0.123. The number of anilines is 2. The van der Waals surface area contributed by atoms with Crippen molar-refractivity contribution in [1.82, 2.24) is 4.98 Å². The molecule has 2 N–H and O–H groups in total. The lowest BCUT2D eigenvalue weighted by Gasteiger charge is -2.43. The Morgan fingerprint density at radius 3 is 2.39 bits per heavy atom. The number of imide groups is 1. The van der Waals surface area contributed by atoms with Gasteiger partial charge in [0.1, 0.15) is 5.82 Å². The van der Waals surface area contributed by atoms with Gasteiger partial charge in [0.2, 0.25) is 11.8 Å². The van der Waals surface area contributed by atoms with Crippen LogP contribution in [-0.2, 0) is 19.1 Å². The van der Waals surface area contributed by atoms with Crippen molar-refractivity contribution in [3.63, 3.8) is 0 Å². The van der Waals surface area contributed by atoms with Crippen LogP contribution in [0.25, 0.3) is 0 Å². The van der Waals surface area contributed by atoms with Gasteiger partial charge in [-0.05, 0) is 97.3 Å². The molecule has 3 aromatic carbocycles. The number of halogens is 1. The number of thiazole rings is 1. The highest BCUT2D eigenvalue weighted by molar-refractivity contribution is 8.00. The third-order valence-corrected chi connectivity index (χ3v) is 13.0.